The summed E-state index contributed by atoms with van der Waals surface area (Å²) in [6, 6.07) is 13.5. The van der Waals surface area contributed by atoms with Crippen LogP contribution in [-0.2, 0) is 4.79 Å². The van der Waals surface area contributed by atoms with E-state index >= 15 is 0 Å². The first kappa shape index (κ1) is 21.7. The van der Waals surface area contributed by atoms with Crippen LogP contribution in [0.15, 0.2) is 36.4 Å². The molecule has 8 heteroatoms. The fraction of sp³-hybridized carbons (Fsp3) is 0.538. The van der Waals surface area contributed by atoms with E-state index in [4.69, 9.17) is 0 Å². The molecule has 0 radical (unpaired) electrons. The second kappa shape index (κ2) is 7.11. The van der Waals surface area contributed by atoms with Crippen molar-refractivity contribution in [3.63, 3.8) is 0 Å². The van der Waals surface area contributed by atoms with Gasteiger partial charge in [0.15, 0.2) is 0 Å². The molecule has 4 unspecified atom stereocenters. The van der Waals surface area contributed by atoms with E-state index in [1.807, 2.05) is 24.3 Å². The molecule has 2 aromatic carbocycles. The minimum Gasteiger partial charge on any atom is -0.369 e. The first-order valence-corrected chi connectivity index (χ1v) is 12.0. The van der Waals surface area contributed by atoms with E-state index in [1.165, 1.54) is 0 Å². The maximum atomic E-state index is 14.4. The van der Waals surface area contributed by atoms with Gasteiger partial charge in [0.25, 0.3) is 0 Å². The molecule has 4 atom stereocenters. The average molecular weight is 469 g/mol. The first-order chi connectivity index (χ1) is 16.2. The van der Waals surface area contributed by atoms with Crippen molar-refractivity contribution in [2.45, 2.75) is 56.4 Å². The topological polar surface area (TPSA) is 59.4 Å². The average Bonchev–Trinajstić information content (AvgIpc) is 3.30. The van der Waals surface area contributed by atoms with Gasteiger partial charge in [-0.3, -0.25) is 4.79 Å². The van der Waals surface area contributed by atoms with Crippen LogP contribution in [0.25, 0.3) is 10.8 Å². The third-order valence-corrected chi connectivity index (χ3v) is 9.09. The monoisotopic (exact) mass is 468 g/mol. The molecule has 0 spiro atoms. The number of rotatable bonds is 3. The maximum absolute atomic E-state index is 14.4. The van der Waals surface area contributed by atoms with Crippen LogP contribution >= 0.6 is 0 Å². The molecule has 1 saturated carbocycles. The molecule has 34 heavy (non-hydrogen) atoms. The first-order valence-electron chi connectivity index (χ1n) is 12.0. The summed E-state index contributed by atoms with van der Waals surface area (Å²) in [5, 5.41) is 14.0. The van der Waals surface area contributed by atoms with Crippen LogP contribution in [0.2, 0.25) is 0 Å². The van der Waals surface area contributed by atoms with E-state index in [0.717, 1.165) is 31.1 Å². The number of hydrogen-bond donors (Lipinski definition) is 1. The molecular formula is C26H27F3N4O. The van der Waals surface area contributed by atoms with E-state index < -0.39 is 22.9 Å². The van der Waals surface area contributed by atoms with Gasteiger partial charge in [-0.2, -0.15) is 18.4 Å². The van der Waals surface area contributed by atoms with Crippen LogP contribution < -0.4 is 10.2 Å². The summed E-state index contributed by atoms with van der Waals surface area (Å²) in [7, 11) is 2.10. The highest BCUT2D eigenvalue weighted by molar-refractivity contribution is 5.99. The van der Waals surface area contributed by atoms with Crippen molar-refractivity contribution in [1.29, 1.82) is 5.26 Å². The Labute approximate surface area is 196 Å². The van der Waals surface area contributed by atoms with Gasteiger partial charge in [0, 0.05) is 47.7 Å². The van der Waals surface area contributed by atoms with E-state index in [9.17, 15) is 23.2 Å². The molecule has 3 saturated heterocycles. The van der Waals surface area contributed by atoms with E-state index in [2.05, 4.69) is 23.3 Å². The summed E-state index contributed by atoms with van der Waals surface area (Å²) in [6.07, 6.45) is -0.835. The van der Waals surface area contributed by atoms with Crippen LogP contribution in [0.3, 0.4) is 0 Å². The summed E-state index contributed by atoms with van der Waals surface area (Å²) >= 11 is 0. The third-order valence-electron chi connectivity index (χ3n) is 9.09. The Morgan fingerprint density at radius 1 is 1.09 bits per heavy atom. The summed E-state index contributed by atoms with van der Waals surface area (Å²) in [5.41, 5.74) is -2.35. The van der Waals surface area contributed by atoms with Crippen LogP contribution in [0.1, 0.15) is 37.7 Å². The number of piperidine rings is 2. The zero-order valence-corrected chi connectivity index (χ0v) is 19.0. The number of halogens is 3. The Bertz CT molecular complexity index is 1210. The molecule has 2 aromatic rings. The highest BCUT2D eigenvalue weighted by atomic mass is 19.4. The number of carbonyl (C=O) groups is 1. The largest absolute Gasteiger partial charge is 0.397 e. The Hall–Kier alpha value is -2.79. The molecule has 1 amide bonds. The Morgan fingerprint density at radius 3 is 2.41 bits per heavy atom. The van der Waals surface area contributed by atoms with Gasteiger partial charge in [-0.1, -0.05) is 24.3 Å². The minimum atomic E-state index is -4.46. The van der Waals surface area contributed by atoms with Crippen LogP contribution in [0.4, 0.5) is 18.9 Å². The van der Waals surface area contributed by atoms with Crippen LogP contribution in [0.5, 0.6) is 0 Å². The predicted molar refractivity (Wildman–Crippen MR) is 122 cm³/mol. The van der Waals surface area contributed by atoms with E-state index in [1.54, 1.807) is 17.0 Å². The number of anilines is 1. The molecule has 3 heterocycles. The molecule has 5 nitrogen and oxygen atoms in total. The van der Waals surface area contributed by atoms with Crippen molar-refractivity contribution in [3.05, 3.63) is 42.0 Å². The molecule has 178 valence electrons. The molecule has 4 fully saturated rings. The highest BCUT2D eigenvalue weighted by Gasteiger charge is 2.86. The maximum Gasteiger partial charge on any atom is 0.397 e. The van der Waals surface area contributed by atoms with Crippen molar-refractivity contribution >= 4 is 22.4 Å². The van der Waals surface area contributed by atoms with Crippen molar-refractivity contribution < 1.29 is 18.0 Å². The van der Waals surface area contributed by atoms with E-state index in [-0.39, 0.29) is 25.6 Å². The lowest BCUT2D eigenvalue weighted by Gasteiger charge is -2.37. The minimum absolute atomic E-state index is 0.0354. The molecule has 4 aliphatic rings. The van der Waals surface area contributed by atoms with Gasteiger partial charge >= 0.3 is 6.18 Å². The van der Waals surface area contributed by atoms with Crippen LogP contribution in [0, 0.1) is 22.2 Å². The summed E-state index contributed by atoms with van der Waals surface area (Å²) < 4.78 is 43.3. The smallest absolute Gasteiger partial charge is 0.369 e. The molecular weight excluding hydrogens is 441 g/mol. The molecule has 0 aromatic heterocycles. The molecule has 2 bridgehead atoms. The lowest BCUT2D eigenvalue weighted by Crippen LogP contribution is -2.51. The summed E-state index contributed by atoms with van der Waals surface area (Å²) in [5.74, 6) is -0.445. The summed E-state index contributed by atoms with van der Waals surface area (Å²) in [6.45, 7) is -0.202. The number of nitrogens with zero attached hydrogens (tertiary/aromatic N) is 3. The molecule has 1 aliphatic carbocycles. The van der Waals surface area contributed by atoms with Gasteiger partial charge in [-0.05, 0) is 51.3 Å². The molecule has 3 aliphatic heterocycles. The zero-order chi connectivity index (χ0) is 23.9. The standard InChI is InChI=1S/C26H27F3N4O/c1-32-18-7-8-19(32)11-17(10-18)31-23(34)24-13-25(24,26(27,28)29)15-33(14-24)22-9-6-16(12-30)20-4-2-3-5-21(20)22/h2-6,9,17-19H,7-8,10-11,13-15H2,1H3,(H,31,34). The van der Waals surface area contributed by atoms with Crippen LogP contribution in [-0.4, -0.2) is 55.2 Å². The van der Waals surface area contributed by atoms with Crippen molar-refractivity contribution in [3.8, 4) is 6.07 Å². The lowest BCUT2D eigenvalue weighted by molar-refractivity contribution is -0.191. The number of fused-ring (bicyclic) bond motifs is 4. The lowest BCUT2D eigenvalue weighted by atomic mass is 9.92. The van der Waals surface area contributed by atoms with Gasteiger partial charge in [0.2, 0.25) is 5.91 Å². The SMILES string of the molecule is CN1C2CCC1CC(NC(=O)C13CN(c4ccc(C#N)c5ccccc45)CC1(C(F)(F)F)C3)C2. The Balaban J connectivity index is 1.31. The second-order valence-electron chi connectivity index (χ2n) is 10.7. The fourth-order valence-corrected chi connectivity index (χ4v) is 7.10. The fourth-order valence-electron chi connectivity index (χ4n) is 7.10. The third kappa shape index (κ3) is 2.86. The number of alkyl halides is 3. The van der Waals surface area contributed by atoms with Crippen molar-refractivity contribution in [2.24, 2.45) is 10.8 Å². The number of benzene rings is 2. The number of hydrogen-bond acceptors (Lipinski definition) is 4. The van der Waals surface area contributed by atoms with Gasteiger partial charge in [-0.25, -0.2) is 0 Å². The number of amides is 1. The Kier molecular flexibility index (Phi) is 4.54. The highest BCUT2D eigenvalue weighted by Crippen LogP contribution is 2.75. The normalized spacial score (nSPS) is 34.7. The van der Waals surface area contributed by atoms with Crippen molar-refractivity contribution in [1.82, 2.24) is 10.2 Å². The zero-order valence-electron chi connectivity index (χ0n) is 19.0. The quantitative estimate of drug-likeness (QED) is 0.733. The Morgan fingerprint density at radius 2 is 1.76 bits per heavy atom. The van der Waals surface area contributed by atoms with Gasteiger partial charge in [0.1, 0.15) is 5.41 Å². The number of nitrogens with one attached hydrogen (secondary N) is 1. The van der Waals surface area contributed by atoms with Crippen molar-refractivity contribution in [2.75, 3.05) is 25.0 Å². The van der Waals surface area contributed by atoms with Gasteiger partial charge in [0.05, 0.1) is 17.0 Å². The number of carbonyl (C=O) groups excluding carboxylic acids is 1. The molecule has 6 rings (SSSR count). The molecule has 1 N–H and O–H groups in total. The van der Waals surface area contributed by atoms with Gasteiger partial charge < -0.3 is 15.1 Å². The van der Waals surface area contributed by atoms with Gasteiger partial charge in [-0.15, -0.1) is 0 Å². The van der Waals surface area contributed by atoms with E-state index in [0.29, 0.717) is 28.7 Å². The second-order valence-corrected chi connectivity index (χ2v) is 10.7. The predicted octanol–water partition coefficient (Wildman–Crippen LogP) is 4.21. The number of nitriles is 1. The summed E-state index contributed by atoms with van der Waals surface area (Å²) in [4.78, 5) is 17.5.